The second-order valence-electron chi connectivity index (χ2n) is 6.44. The SMILES string of the molecule is CCc1c(O)cc(O)c(C(=O)c2ccc(OC)cc2F)c1CCOCC(O)CO. The van der Waals surface area contributed by atoms with Crippen molar-refractivity contribution in [1.82, 2.24) is 0 Å². The lowest BCUT2D eigenvalue weighted by molar-refractivity contribution is 0.00716. The van der Waals surface area contributed by atoms with Gasteiger partial charge in [0, 0.05) is 12.1 Å². The number of benzene rings is 2. The first-order valence-electron chi connectivity index (χ1n) is 9.15. The number of aliphatic hydroxyl groups is 2. The van der Waals surface area contributed by atoms with Crippen molar-refractivity contribution in [2.75, 3.05) is 26.9 Å². The van der Waals surface area contributed by atoms with Crippen molar-refractivity contribution in [3.63, 3.8) is 0 Å². The summed E-state index contributed by atoms with van der Waals surface area (Å²) in [5.74, 6) is -1.93. The van der Waals surface area contributed by atoms with Crippen molar-refractivity contribution in [1.29, 1.82) is 0 Å². The van der Waals surface area contributed by atoms with Gasteiger partial charge in [0.15, 0.2) is 5.78 Å². The fourth-order valence-corrected chi connectivity index (χ4v) is 3.06. The molecule has 0 saturated heterocycles. The number of rotatable bonds is 10. The van der Waals surface area contributed by atoms with Gasteiger partial charge < -0.3 is 29.9 Å². The summed E-state index contributed by atoms with van der Waals surface area (Å²) < 4.78 is 24.7. The van der Waals surface area contributed by atoms with Crippen molar-refractivity contribution in [3.05, 3.63) is 52.3 Å². The number of aliphatic hydroxyl groups excluding tert-OH is 2. The van der Waals surface area contributed by atoms with Crippen molar-refractivity contribution < 1.29 is 39.1 Å². The zero-order chi connectivity index (χ0) is 21.6. The van der Waals surface area contributed by atoms with E-state index in [1.165, 1.54) is 19.2 Å². The predicted molar refractivity (Wildman–Crippen MR) is 103 cm³/mol. The van der Waals surface area contributed by atoms with E-state index >= 15 is 0 Å². The van der Waals surface area contributed by atoms with Crippen LogP contribution in [0.15, 0.2) is 24.3 Å². The lowest BCUT2D eigenvalue weighted by Crippen LogP contribution is -2.20. The third-order valence-electron chi connectivity index (χ3n) is 4.52. The highest BCUT2D eigenvalue weighted by Gasteiger charge is 2.25. The maximum atomic E-state index is 14.4. The number of phenols is 2. The lowest BCUT2D eigenvalue weighted by atomic mass is 9.90. The molecule has 0 saturated carbocycles. The highest BCUT2D eigenvalue weighted by atomic mass is 19.1. The van der Waals surface area contributed by atoms with E-state index in [1.54, 1.807) is 6.92 Å². The van der Waals surface area contributed by atoms with E-state index in [0.717, 1.165) is 12.1 Å². The molecule has 0 heterocycles. The quantitative estimate of drug-likeness (QED) is 0.351. The van der Waals surface area contributed by atoms with Crippen LogP contribution in [0.25, 0.3) is 0 Å². The Morgan fingerprint density at radius 2 is 1.90 bits per heavy atom. The second-order valence-corrected chi connectivity index (χ2v) is 6.44. The van der Waals surface area contributed by atoms with Crippen LogP contribution in [-0.4, -0.2) is 59.2 Å². The molecule has 1 atom stereocenters. The summed E-state index contributed by atoms with van der Waals surface area (Å²) >= 11 is 0. The largest absolute Gasteiger partial charge is 0.508 e. The molecule has 0 aliphatic heterocycles. The van der Waals surface area contributed by atoms with Gasteiger partial charge in [-0.2, -0.15) is 0 Å². The maximum absolute atomic E-state index is 14.4. The average molecular weight is 408 g/mol. The molecule has 0 aliphatic rings. The fraction of sp³-hybridized carbons (Fsp3) is 0.381. The van der Waals surface area contributed by atoms with E-state index in [-0.39, 0.29) is 42.3 Å². The van der Waals surface area contributed by atoms with E-state index in [0.29, 0.717) is 17.5 Å². The molecule has 0 radical (unpaired) electrons. The third-order valence-corrected chi connectivity index (χ3v) is 4.52. The molecule has 4 N–H and O–H groups in total. The molecule has 1 unspecified atom stereocenters. The first kappa shape index (κ1) is 22.6. The Labute approximate surface area is 168 Å². The molecule has 158 valence electrons. The summed E-state index contributed by atoms with van der Waals surface area (Å²) in [5, 5.41) is 38.7. The highest BCUT2D eigenvalue weighted by Crippen LogP contribution is 2.35. The number of aromatic hydroxyl groups is 2. The Kier molecular flexibility index (Phi) is 7.95. The zero-order valence-electron chi connectivity index (χ0n) is 16.3. The Balaban J connectivity index is 2.43. The van der Waals surface area contributed by atoms with Crippen molar-refractivity contribution in [3.8, 4) is 17.2 Å². The van der Waals surface area contributed by atoms with Crippen LogP contribution in [-0.2, 0) is 17.6 Å². The standard InChI is InChI=1S/C21H25FO7/c1-3-14-15(6-7-29-11-12(24)10-23)20(19(26)9-18(14)25)21(27)16-5-4-13(28-2)8-17(16)22/h4-5,8-9,12,23-26H,3,6-7,10-11H2,1-2H3. The van der Waals surface area contributed by atoms with Crippen molar-refractivity contribution >= 4 is 5.78 Å². The molecule has 29 heavy (non-hydrogen) atoms. The summed E-state index contributed by atoms with van der Waals surface area (Å²) in [6.45, 7) is 1.26. The van der Waals surface area contributed by atoms with Crippen LogP contribution in [0.3, 0.4) is 0 Å². The number of carbonyl (C=O) groups is 1. The number of phenolic OH excluding ortho intramolecular Hbond substituents is 2. The third kappa shape index (κ3) is 5.23. The summed E-state index contributed by atoms with van der Waals surface area (Å²) in [4.78, 5) is 13.0. The van der Waals surface area contributed by atoms with Gasteiger partial charge in [0.2, 0.25) is 0 Å². The Morgan fingerprint density at radius 3 is 2.48 bits per heavy atom. The van der Waals surface area contributed by atoms with Crippen LogP contribution in [0.5, 0.6) is 17.2 Å². The van der Waals surface area contributed by atoms with Gasteiger partial charge in [-0.25, -0.2) is 4.39 Å². The molecule has 8 heteroatoms. The van der Waals surface area contributed by atoms with E-state index in [9.17, 15) is 24.5 Å². The topological polar surface area (TPSA) is 116 Å². The van der Waals surface area contributed by atoms with Crippen LogP contribution in [0.4, 0.5) is 4.39 Å². The van der Waals surface area contributed by atoms with E-state index in [2.05, 4.69) is 0 Å². The van der Waals surface area contributed by atoms with Gasteiger partial charge in [0.1, 0.15) is 29.2 Å². The highest BCUT2D eigenvalue weighted by molar-refractivity contribution is 6.12. The molecule has 2 aromatic rings. The molecule has 0 spiro atoms. The van der Waals surface area contributed by atoms with Gasteiger partial charge in [-0.05, 0) is 36.1 Å². The number of carbonyl (C=O) groups excluding carboxylic acids is 1. The lowest BCUT2D eigenvalue weighted by Gasteiger charge is -2.17. The smallest absolute Gasteiger partial charge is 0.199 e. The van der Waals surface area contributed by atoms with Gasteiger partial charge in [0.05, 0.1) is 38.1 Å². The molecule has 0 bridgehead atoms. The molecule has 0 amide bonds. The number of hydrogen-bond donors (Lipinski definition) is 4. The van der Waals surface area contributed by atoms with Gasteiger partial charge in [-0.1, -0.05) is 6.92 Å². The van der Waals surface area contributed by atoms with Gasteiger partial charge in [0.25, 0.3) is 0 Å². The van der Waals surface area contributed by atoms with Crippen molar-refractivity contribution in [2.24, 2.45) is 0 Å². The number of hydrogen-bond acceptors (Lipinski definition) is 7. The monoisotopic (exact) mass is 408 g/mol. The first-order chi connectivity index (χ1) is 13.8. The number of ketones is 1. The van der Waals surface area contributed by atoms with E-state index < -0.39 is 30.1 Å². The summed E-state index contributed by atoms with van der Waals surface area (Å²) in [6.07, 6.45) is -0.540. The predicted octanol–water partition coefficient (Wildman–Crippen LogP) is 1.95. The van der Waals surface area contributed by atoms with E-state index in [1.807, 2.05) is 0 Å². The Bertz CT molecular complexity index is 867. The summed E-state index contributed by atoms with van der Waals surface area (Å²) in [6, 6.07) is 4.84. The van der Waals surface area contributed by atoms with Gasteiger partial charge in [-0.15, -0.1) is 0 Å². The normalized spacial score (nSPS) is 12.0. The molecule has 0 aliphatic carbocycles. The fourth-order valence-electron chi connectivity index (χ4n) is 3.06. The number of halogens is 1. The molecule has 0 fully saturated rings. The van der Waals surface area contributed by atoms with Gasteiger partial charge in [-0.3, -0.25) is 4.79 Å². The molecular weight excluding hydrogens is 383 g/mol. The minimum Gasteiger partial charge on any atom is -0.508 e. The average Bonchev–Trinajstić information content (AvgIpc) is 2.70. The minimum absolute atomic E-state index is 0.0539. The molecule has 2 aromatic carbocycles. The summed E-state index contributed by atoms with van der Waals surface area (Å²) in [7, 11) is 1.38. The maximum Gasteiger partial charge on any atom is 0.199 e. The second kappa shape index (κ2) is 10.2. The van der Waals surface area contributed by atoms with Gasteiger partial charge >= 0.3 is 0 Å². The zero-order valence-corrected chi connectivity index (χ0v) is 16.3. The molecule has 0 aromatic heterocycles. The van der Waals surface area contributed by atoms with Crippen LogP contribution in [0, 0.1) is 5.82 Å². The Morgan fingerprint density at radius 1 is 1.17 bits per heavy atom. The number of methoxy groups -OCH3 is 1. The van der Waals surface area contributed by atoms with Crippen LogP contribution >= 0.6 is 0 Å². The molecule has 2 rings (SSSR count). The molecule has 7 nitrogen and oxygen atoms in total. The summed E-state index contributed by atoms with van der Waals surface area (Å²) in [5.41, 5.74) is 0.414. The first-order valence-corrected chi connectivity index (χ1v) is 9.15. The number of ether oxygens (including phenoxy) is 2. The van der Waals surface area contributed by atoms with Crippen LogP contribution in [0.2, 0.25) is 0 Å². The Hall–Kier alpha value is -2.68. The molecular formula is C21H25FO7. The van der Waals surface area contributed by atoms with E-state index in [4.69, 9.17) is 14.6 Å². The van der Waals surface area contributed by atoms with Crippen molar-refractivity contribution in [2.45, 2.75) is 25.9 Å². The van der Waals surface area contributed by atoms with Crippen LogP contribution in [0.1, 0.15) is 34.0 Å². The minimum atomic E-state index is -1.03. The van der Waals surface area contributed by atoms with Crippen LogP contribution < -0.4 is 4.74 Å².